The summed E-state index contributed by atoms with van der Waals surface area (Å²) < 4.78 is 10.6. The van der Waals surface area contributed by atoms with Gasteiger partial charge in [-0.1, -0.05) is 6.07 Å². The molecule has 1 aliphatic carbocycles. The number of carboxylic acid groups (broad SMARTS) is 1. The molecule has 5 nitrogen and oxygen atoms in total. The molecule has 1 aromatic rings. The van der Waals surface area contributed by atoms with E-state index >= 15 is 0 Å². The van der Waals surface area contributed by atoms with Gasteiger partial charge < -0.3 is 14.6 Å². The van der Waals surface area contributed by atoms with Crippen molar-refractivity contribution < 1.29 is 19.4 Å². The van der Waals surface area contributed by atoms with Crippen LogP contribution in [-0.4, -0.2) is 29.4 Å². The molecule has 3 rings (SSSR count). The summed E-state index contributed by atoms with van der Waals surface area (Å²) in [6.07, 6.45) is 3.40. The number of nitrogens with one attached hydrogen (secondary N) is 1. The molecule has 1 atom stereocenters. The molecule has 2 N–H and O–H groups in total. The van der Waals surface area contributed by atoms with Crippen molar-refractivity contribution in [1.82, 2.24) is 5.32 Å². The van der Waals surface area contributed by atoms with Gasteiger partial charge in [-0.25, -0.2) is 0 Å². The van der Waals surface area contributed by atoms with Crippen molar-refractivity contribution in [2.45, 2.75) is 44.2 Å². The fraction of sp³-hybridized carbons (Fsp3) is 0.533. The van der Waals surface area contributed by atoms with Gasteiger partial charge in [-0.3, -0.25) is 10.1 Å². The fourth-order valence-electron chi connectivity index (χ4n) is 2.41. The number of fused-ring (bicyclic) bond motifs is 1. The van der Waals surface area contributed by atoms with Crippen LogP contribution in [0, 0.1) is 0 Å². The average Bonchev–Trinajstić information content (AvgIpc) is 3.10. The lowest BCUT2D eigenvalue weighted by Crippen LogP contribution is -2.50. The summed E-state index contributed by atoms with van der Waals surface area (Å²) in [6.45, 7) is 2.02. The van der Waals surface area contributed by atoms with Gasteiger partial charge in [-0.15, -0.1) is 0 Å². The molecule has 0 spiro atoms. The summed E-state index contributed by atoms with van der Waals surface area (Å²) in [5.74, 6) is 0.714. The number of rotatable bonds is 6. The normalized spacial score (nSPS) is 19.6. The minimum Gasteiger partial charge on any atom is -0.480 e. The van der Waals surface area contributed by atoms with E-state index in [-0.39, 0.29) is 6.79 Å². The number of carbonyl (C=O) groups is 1. The highest BCUT2D eigenvalue weighted by Gasteiger charge is 2.38. The second-order valence-electron chi connectivity index (χ2n) is 5.74. The second kappa shape index (κ2) is 4.98. The number of aliphatic carboxylic acids is 1. The SMILES string of the molecule is CC(CCc1ccc2c(c1)OCO2)(NC1CC1)C(=O)O. The largest absolute Gasteiger partial charge is 0.480 e. The zero-order valence-electron chi connectivity index (χ0n) is 11.5. The first kappa shape index (κ1) is 13.2. The van der Waals surface area contributed by atoms with Gasteiger partial charge in [0.2, 0.25) is 6.79 Å². The number of benzene rings is 1. The lowest BCUT2D eigenvalue weighted by Gasteiger charge is -2.26. The Kier molecular flexibility index (Phi) is 3.30. The predicted molar refractivity (Wildman–Crippen MR) is 73.1 cm³/mol. The van der Waals surface area contributed by atoms with E-state index in [1.807, 2.05) is 18.2 Å². The number of hydrogen-bond acceptors (Lipinski definition) is 4. The van der Waals surface area contributed by atoms with Gasteiger partial charge in [0, 0.05) is 6.04 Å². The van der Waals surface area contributed by atoms with Crippen LogP contribution in [0.2, 0.25) is 0 Å². The number of hydrogen-bond donors (Lipinski definition) is 2. The third-order valence-corrected chi connectivity index (χ3v) is 3.92. The first-order chi connectivity index (χ1) is 9.57. The molecule has 20 heavy (non-hydrogen) atoms. The molecule has 1 saturated carbocycles. The maximum Gasteiger partial charge on any atom is 0.323 e. The van der Waals surface area contributed by atoms with Gasteiger partial charge in [0.05, 0.1) is 0 Å². The van der Waals surface area contributed by atoms with Crippen LogP contribution in [0.25, 0.3) is 0 Å². The quantitative estimate of drug-likeness (QED) is 0.831. The van der Waals surface area contributed by atoms with E-state index in [9.17, 15) is 9.90 Å². The Morgan fingerprint density at radius 2 is 2.15 bits per heavy atom. The van der Waals surface area contributed by atoms with E-state index in [0.29, 0.717) is 18.9 Å². The Morgan fingerprint density at radius 1 is 1.40 bits per heavy atom. The van der Waals surface area contributed by atoms with E-state index < -0.39 is 11.5 Å². The summed E-state index contributed by atoms with van der Waals surface area (Å²) in [7, 11) is 0. The molecule has 2 aliphatic rings. The lowest BCUT2D eigenvalue weighted by molar-refractivity contribution is -0.144. The highest BCUT2D eigenvalue weighted by atomic mass is 16.7. The summed E-state index contributed by atoms with van der Waals surface area (Å²) in [5.41, 5.74) is 0.205. The monoisotopic (exact) mass is 277 g/mol. The molecule has 0 aromatic heterocycles. The molecule has 108 valence electrons. The van der Waals surface area contributed by atoms with Crippen LogP contribution in [0.1, 0.15) is 31.7 Å². The van der Waals surface area contributed by atoms with Gasteiger partial charge in [-0.2, -0.15) is 0 Å². The molecular formula is C15H19NO4. The van der Waals surface area contributed by atoms with Gasteiger partial charge in [0.1, 0.15) is 5.54 Å². The third kappa shape index (κ3) is 2.72. The lowest BCUT2D eigenvalue weighted by atomic mass is 9.93. The minimum absolute atomic E-state index is 0.259. The number of ether oxygens (including phenoxy) is 2. The van der Waals surface area contributed by atoms with Crippen molar-refractivity contribution in [1.29, 1.82) is 0 Å². The average molecular weight is 277 g/mol. The van der Waals surface area contributed by atoms with Gasteiger partial charge in [0.25, 0.3) is 0 Å². The standard InChI is InChI=1S/C15H19NO4/c1-15(14(17)18,16-11-3-4-11)7-6-10-2-5-12-13(8-10)20-9-19-12/h2,5,8,11,16H,3-4,6-7,9H2,1H3,(H,17,18). The Balaban J connectivity index is 1.66. The highest BCUT2D eigenvalue weighted by molar-refractivity contribution is 5.78. The van der Waals surface area contributed by atoms with Crippen LogP contribution in [0.3, 0.4) is 0 Å². The summed E-state index contributed by atoms with van der Waals surface area (Å²) in [6, 6.07) is 6.14. The zero-order chi connectivity index (χ0) is 14.2. The van der Waals surface area contributed by atoms with Crippen molar-refractivity contribution >= 4 is 5.97 Å². The second-order valence-corrected chi connectivity index (χ2v) is 5.74. The van der Waals surface area contributed by atoms with E-state index in [0.717, 1.165) is 29.9 Å². The topological polar surface area (TPSA) is 67.8 Å². The van der Waals surface area contributed by atoms with Crippen LogP contribution < -0.4 is 14.8 Å². The van der Waals surface area contributed by atoms with Gasteiger partial charge >= 0.3 is 5.97 Å². The Bertz CT molecular complexity index is 527. The van der Waals surface area contributed by atoms with E-state index in [4.69, 9.17) is 9.47 Å². The fourth-order valence-corrected chi connectivity index (χ4v) is 2.41. The molecule has 1 unspecified atom stereocenters. The van der Waals surface area contributed by atoms with Crippen LogP contribution in [-0.2, 0) is 11.2 Å². The number of aryl methyl sites for hydroxylation is 1. The molecule has 0 bridgehead atoms. The molecule has 1 heterocycles. The van der Waals surface area contributed by atoms with E-state index in [1.165, 1.54) is 0 Å². The smallest absolute Gasteiger partial charge is 0.323 e. The summed E-state index contributed by atoms with van der Waals surface area (Å²) >= 11 is 0. The molecule has 1 fully saturated rings. The molecule has 0 amide bonds. The molecule has 1 aliphatic heterocycles. The maximum atomic E-state index is 11.5. The maximum absolute atomic E-state index is 11.5. The van der Waals surface area contributed by atoms with Crippen LogP contribution in [0.4, 0.5) is 0 Å². The Labute approximate surface area is 117 Å². The van der Waals surface area contributed by atoms with Crippen molar-refractivity contribution in [3.8, 4) is 11.5 Å². The molecule has 1 aromatic carbocycles. The highest BCUT2D eigenvalue weighted by Crippen LogP contribution is 2.33. The first-order valence-corrected chi connectivity index (χ1v) is 6.96. The minimum atomic E-state index is -0.864. The summed E-state index contributed by atoms with van der Waals surface area (Å²) in [5, 5.41) is 12.7. The van der Waals surface area contributed by atoms with Crippen LogP contribution >= 0.6 is 0 Å². The van der Waals surface area contributed by atoms with Crippen LogP contribution in [0.15, 0.2) is 18.2 Å². The first-order valence-electron chi connectivity index (χ1n) is 6.96. The van der Waals surface area contributed by atoms with Gasteiger partial charge in [-0.05, 0) is 50.3 Å². The zero-order valence-corrected chi connectivity index (χ0v) is 11.5. The van der Waals surface area contributed by atoms with Crippen molar-refractivity contribution in [2.24, 2.45) is 0 Å². The number of carboxylic acids is 1. The Hall–Kier alpha value is -1.75. The third-order valence-electron chi connectivity index (χ3n) is 3.92. The van der Waals surface area contributed by atoms with Crippen molar-refractivity contribution in [3.05, 3.63) is 23.8 Å². The van der Waals surface area contributed by atoms with Crippen molar-refractivity contribution in [2.75, 3.05) is 6.79 Å². The van der Waals surface area contributed by atoms with Crippen LogP contribution in [0.5, 0.6) is 11.5 Å². The van der Waals surface area contributed by atoms with Crippen molar-refractivity contribution in [3.63, 3.8) is 0 Å². The van der Waals surface area contributed by atoms with E-state index in [2.05, 4.69) is 5.32 Å². The molecule has 5 heteroatoms. The molecule has 0 radical (unpaired) electrons. The Morgan fingerprint density at radius 3 is 2.85 bits per heavy atom. The van der Waals surface area contributed by atoms with Gasteiger partial charge in [0.15, 0.2) is 11.5 Å². The summed E-state index contributed by atoms with van der Waals surface area (Å²) in [4.78, 5) is 11.5. The molecule has 0 saturated heterocycles. The predicted octanol–water partition coefficient (Wildman–Crippen LogP) is 1.94. The van der Waals surface area contributed by atoms with E-state index in [1.54, 1.807) is 6.92 Å². The molecular weight excluding hydrogens is 258 g/mol.